The lowest BCUT2D eigenvalue weighted by molar-refractivity contribution is -0.134. The summed E-state index contributed by atoms with van der Waals surface area (Å²) in [5, 5.41) is 1.14. The molecule has 0 N–H and O–H groups in total. The number of thiazole rings is 1. The average Bonchev–Trinajstić information content (AvgIpc) is 3.51. The van der Waals surface area contributed by atoms with Crippen LogP contribution in [0.4, 0.5) is 0 Å². The Bertz CT molecular complexity index is 1100. The maximum Gasteiger partial charge on any atom is 0.237 e. The lowest BCUT2D eigenvalue weighted by atomic mass is 10.0. The third-order valence-corrected chi connectivity index (χ3v) is 8.05. The lowest BCUT2D eigenvalue weighted by Crippen LogP contribution is -2.43. The van der Waals surface area contributed by atoms with Gasteiger partial charge in [0.1, 0.15) is 16.5 Å². The highest BCUT2D eigenvalue weighted by molar-refractivity contribution is 7.18. The van der Waals surface area contributed by atoms with E-state index in [9.17, 15) is 4.79 Å². The van der Waals surface area contributed by atoms with Gasteiger partial charge in [-0.15, -0.1) is 11.3 Å². The van der Waals surface area contributed by atoms with Crippen molar-refractivity contribution in [3.63, 3.8) is 0 Å². The number of aromatic nitrogens is 1. The Kier molecular flexibility index (Phi) is 6.51. The second-order valence-corrected chi connectivity index (χ2v) is 9.92. The third-order valence-electron chi connectivity index (χ3n) is 6.92. The van der Waals surface area contributed by atoms with Crippen LogP contribution >= 0.6 is 11.3 Å². The van der Waals surface area contributed by atoms with Gasteiger partial charge in [-0.1, -0.05) is 18.6 Å². The normalized spacial score (nSPS) is 21.5. The van der Waals surface area contributed by atoms with Gasteiger partial charge in [-0.3, -0.25) is 9.69 Å². The number of methoxy groups -OCH3 is 2. The largest absolute Gasteiger partial charge is 0.497 e. The average molecular weight is 466 g/mol. The molecule has 2 aliphatic rings. The molecule has 0 saturated carbocycles. The number of fused-ring (bicyclic) bond motifs is 1. The van der Waals surface area contributed by atoms with Crippen LogP contribution in [0.25, 0.3) is 10.2 Å². The minimum atomic E-state index is 0.0215. The first kappa shape index (κ1) is 22.2. The van der Waals surface area contributed by atoms with E-state index in [0.717, 1.165) is 66.4 Å². The van der Waals surface area contributed by atoms with Crippen molar-refractivity contribution in [1.29, 1.82) is 0 Å². The molecule has 3 aromatic rings. The van der Waals surface area contributed by atoms with E-state index in [0.29, 0.717) is 6.54 Å². The molecule has 5 rings (SSSR count). The molecule has 2 aromatic carbocycles. The minimum Gasteiger partial charge on any atom is -0.497 e. The molecule has 0 radical (unpaired) electrons. The number of hydrogen-bond donors (Lipinski definition) is 0. The van der Waals surface area contributed by atoms with Gasteiger partial charge >= 0.3 is 0 Å². The minimum absolute atomic E-state index is 0.0215. The summed E-state index contributed by atoms with van der Waals surface area (Å²) in [5.41, 5.74) is 2.09. The van der Waals surface area contributed by atoms with Gasteiger partial charge in [0.2, 0.25) is 5.91 Å². The van der Waals surface area contributed by atoms with Crippen LogP contribution in [-0.4, -0.2) is 54.5 Å². The molecule has 0 bridgehead atoms. The molecule has 2 aliphatic heterocycles. The van der Waals surface area contributed by atoms with E-state index in [4.69, 9.17) is 14.5 Å². The number of piperidine rings is 1. The second kappa shape index (κ2) is 9.69. The van der Waals surface area contributed by atoms with Crippen LogP contribution in [0.1, 0.15) is 54.8 Å². The monoisotopic (exact) mass is 465 g/mol. The van der Waals surface area contributed by atoms with Crippen molar-refractivity contribution in [2.24, 2.45) is 0 Å². The standard InChI is InChI=1S/C26H31N3O3S/c1-31-18-12-13-23(32-2)19(16-18)21-10-7-15-29(21)25(30)17-28-14-6-5-9-22(28)26-27-20-8-3-4-11-24(20)33-26/h3-4,8,11-13,16,21-22H,5-7,9-10,14-15,17H2,1-2H3/t21-,22+/m0/s1. The van der Waals surface area contributed by atoms with Gasteiger partial charge in [-0.25, -0.2) is 4.98 Å². The van der Waals surface area contributed by atoms with E-state index in [1.807, 2.05) is 29.2 Å². The smallest absolute Gasteiger partial charge is 0.237 e. The molecule has 3 heterocycles. The Morgan fingerprint density at radius 3 is 2.70 bits per heavy atom. The highest BCUT2D eigenvalue weighted by atomic mass is 32.1. The SMILES string of the molecule is COc1ccc(OC)c([C@@H]2CCCN2C(=O)CN2CCCC[C@@H]2c2nc3ccccc3s2)c1. The first-order chi connectivity index (χ1) is 16.2. The van der Waals surface area contributed by atoms with Gasteiger partial charge in [0.15, 0.2) is 0 Å². The molecule has 6 nitrogen and oxygen atoms in total. The van der Waals surface area contributed by atoms with Crippen LogP contribution in [-0.2, 0) is 4.79 Å². The molecule has 174 valence electrons. The van der Waals surface area contributed by atoms with E-state index >= 15 is 0 Å². The molecule has 1 aromatic heterocycles. The summed E-state index contributed by atoms with van der Waals surface area (Å²) in [5.74, 6) is 1.79. The van der Waals surface area contributed by atoms with Gasteiger partial charge in [0.25, 0.3) is 0 Å². The number of amides is 1. The number of para-hydroxylation sites is 1. The molecule has 0 spiro atoms. The predicted molar refractivity (Wildman–Crippen MR) is 131 cm³/mol. The zero-order valence-electron chi connectivity index (χ0n) is 19.3. The number of carbonyl (C=O) groups excluding carboxylic acids is 1. The highest BCUT2D eigenvalue weighted by Gasteiger charge is 2.35. The molecule has 2 saturated heterocycles. The Balaban J connectivity index is 1.36. The number of benzene rings is 2. The fraction of sp³-hybridized carbons (Fsp3) is 0.462. The van der Waals surface area contributed by atoms with Crippen LogP contribution in [0.15, 0.2) is 42.5 Å². The number of likely N-dealkylation sites (tertiary alicyclic amines) is 2. The molecule has 0 unspecified atom stereocenters. The van der Waals surface area contributed by atoms with Crippen molar-refractivity contribution in [2.45, 2.75) is 44.2 Å². The van der Waals surface area contributed by atoms with E-state index in [1.165, 1.54) is 11.1 Å². The molecule has 2 fully saturated rings. The van der Waals surface area contributed by atoms with Crippen molar-refractivity contribution in [1.82, 2.24) is 14.8 Å². The number of rotatable bonds is 6. The number of hydrogen-bond acceptors (Lipinski definition) is 6. The summed E-state index contributed by atoms with van der Waals surface area (Å²) in [7, 11) is 3.35. The van der Waals surface area contributed by atoms with Gasteiger partial charge in [0.05, 0.1) is 43.1 Å². The van der Waals surface area contributed by atoms with E-state index < -0.39 is 0 Å². The van der Waals surface area contributed by atoms with Crippen molar-refractivity contribution in [3.8, 4) is 11.5 Å². The topological polar surface area (TPSA) is 54.9 Å². The van der Waals surface area contributed by atoms with Crippen LogP contribution in [0, 0.1) is 0 Å². The molecule has 0 aliphatic carbocycles. The zero-order valence-corrected chi connectivity index (χ0v) is 20.1. The summed E-state index contributed by atoms with van der Waals surface area (Å²) in [6, 6.07) is 14.4. The molecular weight excluding hydrogens is 434 g/mol. The van der Waals surface area contributed by atoms with Crippen LogP contribution in [0.2, 0.25) is 0 Å². The van der Waals surface area contributed by atoms with Gasteiger partial charge < -0.3 is 14.4 Å². The number of carbonyl (C=O) groups is 1. The first-order valence-corrected chi connectivity index (χ1v) is 12.6. The predicted octanol–water partition coefficient (Wildman–Crippen LogP) is 5.20. The number of nitrogens with zero attached hydrogens (tertiary/aromatic N) is 3. The molecular formula is C26H31N3O3S. The first-order valence-electron chi connectivity index (χ1n) is 11.8. The van der Waals surface area contributed by atoms with Crippen molar-refractivity contribution < 1.29 is 14.3 Å². The van der Waals surface area contributed by atoms with E-state index in [2.05, 4.69) is 23.1 Å². The zero-order chi connectivity index (χ0) is 22.8. The van der Waals surface area contributed by atoms with Gasteiger partial charge in [0, 0.05) is 12.1 Å². The summed E-state index contributed by atoms with van der Waals surface area (Å²) >= 11 is 1.77. The second-order valence-electron chi connectivity index (χ2n) is 8.85. The highest BCUT2D eigenvalue weighted by Crippen LogP contribution is 2.40. The molecule has 2 atom stereocenters. The van der Waals surface area contributed by atoms with Crippen LogP contribution in [0.5, 0.6) is 11.5 Å². The van der Waals surface area contributed by atoms with Crippen LogP contribution < -0.4 is 9.47 Å². The third kappa shape index (κ3) is 4.44. The summed E-state index contributed by atoms with van der Waals surface area (Å²) in [6.07, 6.45) is 5.30. The van der Waals surface area contributed by atoms with E-state index in [1.54, 1.807) is 25.6 Å². The quantitative estimate of drug-likeness (QED) is 0.501. The molecule has 7 heteroatoms. The van der Waals surface area contributed by atoms with Crippen LogP contribution in [0.3, 0.4) is 0 Å². The fourth-order valence-corrected chi connectivity index (χ4v) is 6.38. The molecule has 1 amide bonds. The molecule has 33 heavy (non-hydrogen) atoms. The Morgan fingerprint density at radius 2 is 1.88 bits per heavy atom. The van der Waals surface area contributed by atoms with Crippen molar-refractivity contribution in [3.05, 3.63) is 53.0 Å². The fourth-order valence-electron chi connectivity index (χ4n) is 5.25. The van der Waals surface area contributed by atoms with E-state index in [-0.39, 0.29) is 18.0 Å². The maximum atomic E-state index is 13.6. The van der Waals surface area contributed by atoms with Crippen molar-refractivity contribution >= 4 is 27.5 Å². The maximum absolute atomic E-state index is 13.6. The Hall–Kier alpha value is -2.64. The summed E-state index contributed by atoms with van der Waals surface area (Å²) in [6.45, 7) is 2.15. The Morgan fingerprint density at radius 1 is 1.03 bits per heavy atom. The summed E-state index contributed by atoms with van der Waals surface area (Å²) < 4.78 is 12.3. The Labute approximate surface area is 199 Å². The lowest BCUT2D eigenvalue weighted by Gasteiger charge is -2.36. The van der Waals surface area contributed by atoms with Crippen molar-refractivity contribution in [2.75, 3.05) is 33.9 Å². The van der Waals surface area contributed by atoms with Gasteiger partial charge in [-0.2, -0.15) is 0 Å². The van der Waals surface area contributed by atoms with Gasteiger partial charge in [-0.05, 0) is 62.6 Å². The number of ether oxygens (including phenoxy) is 2. The summed E-state index contributed by atoms with van der Waals surface area (Å²) in [4.78, 5) is 22.9.